The van der Waals surface area contributed by atoms with Crippen LogP contribution < -0.4 is 11.5 Å². The van der Waals surface area contributed by atoms with Crippen molar-refractivity contribution in [3.8, 4) is 0 Å². The van der Waals surface area contributed by atoms with Gasteiger partial charge in [0.1, 0.15) is 0 Å². The second-order valence-electron chi connectivity index (χ2n) is 6.87. The van der Waals surface area contributed by atoms with Gasteiger partial charge in [-0.05, 0) is 51.9 Å². The van der Waals surface area contributed by atoms with Crippen LogP contribution in [0.25, 0.3) is 0 Å². The van der Waals surface area contributed by atoms with Crippen LogP contribution in [0.15, 0.2) is 24.3 Å². The van der Waals surface area contributed by atoms with E-state index >= 15 is 0 Å². The lowest BCUT2D eigenvalue weighted by atomic mass is 10.3. The molecule has 0 amide bonds. The molecule has 0 aliphatic carbocycles. The SMILES string of the molecule is CCC=CCN(CCCN)CCOCCOCCN(CC=CCC)CCCN. The molecule has 166 valence electrons. The molecule has 0 aromatic carbocycles. The zero-order chi connectivity index (χ0) is 20.7. The van der Waals surface area contributed by atoms with E-state index in [1.165, 1.54) is 0 Å². The fraction of sp³-hybridized carbons (Fsp3) is 0.818. The Labute approximate surface area is 173 Å². The minimum atomic E-state index is 0.647. The van der Waals surface area contributed by atoms with Gasteiger partial charge in [-0.1, -0.05) is 38.2 Å². The molecule has 0 fully saturated rings. The van der Waals surface area contributed by atoms with Gasteiger partial charge in [0.25, 0.3) is 0 Å². The molecule has 0 aliphatic rings. The summed E-state index contributed by atoms with van der Waals surface area (Å²) in [6.45, 7) is 14.4. The Morgan fingerprint density at radius 2 is 1.04 bits per heavy atom. The lowest BCUT2D eigenvalue weighted by molar-refractivity contribution is 0.0328. The molecule has 0 aliphatic heterocycles. The van der Waals surface area contributed by atoms with E-state index in [0.29, 0.717) is 13.2 Å². The van der Waals surface area contributed by atoms with Crippen molar-refractivity contribution >= 4 is 0 Å². The Morgan fingerprint density at radius 1 is 0.607 bits per heavy atom. The van der Waals surface area contributed by atoms with Crippen LogP contribution in [-0.4, -0.2) is 88.6 Å². The molecule has 0 spiro atoms. The molecule has 0 rings (SSSR count). The van der Waals surface area contributed by atoms with Crippen molar-refractivity contribution in [1.29, 1.82) is 0 Å². The maximum Gasteiger partial charge on any atom is 0.0701 e. The Balaban J connectivity index is 3.79. The standard InChI is InChI=1S/C22H46N4O2/c1-3-5-7-13-25(15-9-11-23)17-19-27-21-22-28-20-18-26(16-10-12-24)14-8-6-4-2/h5-8H,3-4,9-24H2,1-2H3. The van der Waals surface area contributed by atoms with Crippen molar-refractivity contribution < 1.29 is 9.47 Å². The molecule has 0 saturated heterocycles. The van der Waals surface area contributed by atoms with Gasteiger partial charge in [0.15, 0.2) is 0 Å². The maximum absolute atomic E-state index is 5.74. The van der Waals surface area contributed by atoms with E-state index < -0.39 is 0 Å². The highest BCUT2D eigenvalue weighted by Gasteiger charge is 2.04. The molecule has 6 nitrogen and oxygen atoms in total. The van der Waals surface area contributed by atoms with Crippen LogP contribution in [-0.2, 0) is 9.47 Å². The summed E-state index contributed by atoms with van der Waals surface area (Å²) in [6, 6.07) is 0. The fourth-order valence-electron chi connectivity index (χ4n) is 2.71. The first-order chi connectivity index (χ1) is 13.8. The van der Waals surface area contributed by atoms with Crippen LogP contribution in [0, 0.1) is 0 Å². The molecular weight excluding hydrogens is 352 g/mol. The van der Waals surface area contributed by atoms with E-state index in [-0.39, 0.29) is 0 Å². The zero-order valence-electron chi connectivity index (χ0n) is 18.5. The number of allylic oxidation sites excluding steroid dienone is 2. The van der Waals surface area contributed by atoms with E-state index in [1.54, 1.807) is 0 Å². The van der Waals surface area contributed by atoms with E-state index in [2.05, 4.69) is 48.0 Å². The second kappa shape index (κ2) is 22.5. The zero-order valence-corrected chi connectivity index (χ0v) is 18.5. The minimum Gasteiger partial charge on any atom is -0.378 e. The third-order valence-corrected chi connectivity index (χ3v) is 4.36. The van der Waals surface area contributed by atoms with Gasteiger partial charge in [-0.3, -0.25) is 9.80 Å². The van der Waals surface area contributed by atoms with Gasteiger partial charge in [0.2, 0.25) is 0 Å². The summed E-state index contributed by atoms with van der Waals surface area (Å²) >= 11 is 0. The molecule has 28 heavy (non-hydrogen) atoms. The maximum atomic E-state index is 5.74. The van der Waals surface area contributed by atoms with Gasteiger partial charge in [-0.2, -0.15) is 0 Å². The van der Waals surface area contributed by atoms with Gasteiger partial charge in [0.05, 0.1) is 26.4 Å². The molecule has 0 heterocycles. The van der Waals surface area contributed by atoms with Gasteiger partial charge in [-0.15, -0.1) is 0 Å². The van der Waals surface area contributed by atoms with Crippen LogP contribution in [0.1, 0.15) is 39.5 Å². The third kappa shape index (κ3) is 18.6. The molecule has 0 unspecified atom stereocenters. The number of hydrogen-bond donors (Lipinski definition) is 2. The van der Waals surface area contributed by atoms with Crippen molar-refractivity contribution in [2.24, 2.45) is 11.5 Å². The number of rotatable bonds is 21. The number of nitrogens with two attached hydrogens (primary N) is 2. The van der Waals surface area contributed by atoms with E-state index in [0.717, 1.165) is 91.3 Å². The van der Waals surface area contributed by atoms with Crippen LogP contribution in [0.2, 0.25) is 0 Å². The summed E-state index contributed by atoms with van der Waals surface area (Å²) in [5.41, 5.74) is 11.3. The molecular formula is C22H46N4O2. The van der Waals surface area contributed by atoms with Crippen molar-refractivity contribution in [1.82, 2.24) is 9.80 Å². The lowest BCUT2D eigenvalue weighted by Crippen LogP contribution is -2.31. The molecule has 0 saturated carbocycles. The Kier molecular flexibility index (Phi) is 21.9. The Bertz CT molecular complexity index is 330. The summed E-state index contributed by atoms with van der Waals surface area (Å²) in [5, 5.41) is 0. The highest BCUT2D eigenvalue weighted by molar-refractivity contribution is 4.84. The monoisotopic (exact) mass is 398 g/mol. The molecule has 0 aromatic heterocycles. The minimum absolute atomic E-state index is 0.647. The molecule has 4 N–H and O–H groups in total. The van der Waals surface area contributed by atoms with Crippen LogP contribution in [0.5, 0.6) is 0 Å². The molecule has 0 atom stereocenters. The van der Waals surface area contributed by atoms with E-state index in [1.807, 2.05) is 0 Å². The first kappa shape index (κ1) is 27.2. The van der Waals surface area contributed by atoms with Crippen LogP contribution in [0.4, 0.5) is 0 Å². The smallest absolute Gasteiger partial charge is 0.0701 e. The summed E-state index contributed by atoms with van der Waals surface area (Å²) in [6.07, 6.45) is 13.1. The lowest BCUT2D eigenvalue weighted by Gasteiger charge is -2.21. The molecule has 0 bridgehead atoms. The topological polar surface area (TPSA) is 77.0 Å². The van der Waals surface area contributed by atoms with Crippen molar-refractivity contribution in [3.63, 3.8) is 0 Å². The molecule has 6 heteroatoms. The quantitative estimate of drug-likeness (QED) is 0.228. The van der Waals surface area contributed by atoms with Gasteiger partial charge in [0, 0.05) is 26.2 Å². The first-order valence-electron chi connectivity index (χ1n) is 11.1. The number of nitrogens with zero attached hydrogens (tertiary/aromatic N) is 2. The van der Waals surface area contributed by atoms with Crippen LogP contribution in [0.3, 0.4) is 0 Å². The number of ether oxygens (including phenoxy) is 2. The Hall–Kier alpha value is -0.760. The van der Waals surface area contributed by atoms with Gasteiger partial charge >= 0.3 is 0 Å². The fourth-order valence-corrected chi connectivity index (χ4v) is 2.71. The average molecular weight is 399 g/mol. The number of hydrogen-bond acceptors (Lipinski definition) is 6. The highest BCUT2D eigenvalue weighted by atomic mass is 16.5. The van der Waals surface area contributed by atoms with Crippen molar-refractivity contribution in [2.75, 3.05) is 78.8 Å². The predicted octanol–water partition coefficient (Wildman–Crippen LogP) is 2.25. The largest absolute Gasteiger partial charge is 0.378 e. The second-order valence-corrected chi connectivity index (χ2v) is 6.87. The summed E-state index contributed by atoms with van der Waals surface area (Å²) in [4.78, 5) is 4.78. The van der Waals surface area contributed by atoms with E-state index in [4.69, 9.17) is 20.9 Å². The summed E-state index contributed by atoms with van der Waals surface area (Å²) < 4.78 is 11.5. The normalized spacial score (nSPS) is 12.4. The van der Waals surface area contributed by atoms with Crippen molar-refractivity contribution in [2.45, 2.75) is 39.5 Å². The van der Waals surface area contributed by atoms with Gasteiger partial charge in [-0.25, -0.2) is 0 Å². The predicted molar refractivity (Wildman–Crippen MR) is 121 cm³/mol. The first-order valence-corrected chi connectivity index (χ1v) is 11.1. The molecule has 0 aromatic rings. The summed E-state index contributed by atoms with van der Waals surface area (Å²) in [7, 11) is 0. The van der Waals surface area contributed by atoms with Gasteiger partial charge < -0.3 is 20.9 Å². The van der Waals surface area contributed by atoms with Crippen LogP contribution >= 0.6 is 0 Å². The highest BCUT2D eigenvalue weighted by Crippen LogP contribution is 1.95. The Morgan fingerprint density at radius 3 is 1.39 bits per heavy atom. The van der Waals surface area contributed by atoms with E-state index in [9.17, 15) is 0 Å². The third-order valence-electron chi connectivity index (χ3n) is 4.36. The van der Waals surface area contributed by atoms with Crippen molar-refractivity contribution in [3.05, 3.63) is 24.3 Å². The molecule has 0 radical (unpaired) electrons. The summed E-state index contributed by atoms with van der Waals surface area (Å²) in [5.74, 6) is 0. The average Bonchev–Trinajstić information content (AvgIpc) is 2.71.